The molecule has 1 heterocycles. The molecular weight excluding hydrogens is 769 g/mol. The first-order valence-corrected chi connectivity index (χ1v) is 23.8. The van der Waals surface area contributed by atoms with Crippen LogP contribution in [0.2, 0.25) is 0 Å². The van der Waals surface area contributed by atoms with Gasteiger partial charge < -0.3 is 26.0 Å². The number of benzene rings is 3. The van der Waals surface area contributed by atoms with Gasteiger partial charge in [0.2, 0.25) is 17.7 Å². The molecule has 9 nitrogen and oxygen atoms in total. The van der Waals surface area contributed by atoms with Crippen molar-refractivity contribution in [2.45, 2.75) is 152 Å². The molecular formula is C50H68N4O5S. The maximum absolute atomic E-state index is 14.9. The van der Waals surface area contributed by atoms with E-state index in [0.717, 1.165) is 80.9 Å². The molecule has 324 valence electrons. The molecule has 1 aliphatic heterocycles. The molecule has 3 aromatic rings. The maximum Gasteiger partial charge on any atom is 0.329 e. The lowest BCUT2D eigenvalue weighted by Gasteiger charge is -2.37. The quantitative estimate of drug-likeness (QED) is 0.0576. The van der Waals surface area contributed by atoms with Gasteiger partial charge in [-0.1, -0.05) is 157 Å². The first-order chi connectivity index (χ1) is 29.1. The molecule has 0 aromatic heterocycles. The van der Waals surface area contributed by atoms with Crippen LogP contribution in [0.25, 0.3) is 0 Å². The van der Waals surface area contributed by atoms with Crippen molar-refractivity contribution >= 4 is 35.5 Å². The summed E-state index contributed by atoms with van der Waals surface area (Å²) in [5.41, 5.74) is 3.07. The number of rotatable bonds is 18. The zero-order valence-electron chi connectivity index (χ0n) is 36.2. The van der Waals surface area contributed by atoms with Gasteiger partial charge in [0.1, 0.15) is 24.2 Å². The number of nitrogens with one attached hydrogen (secondary N) is 4. The Bertz CT molecular complexity index is 1710. The van der Waals surface area contributed by atoms with Crippen LogP contribution in [-0.4, -0.2) is 65.8 Å². The Morgan fingerprint density at radius 1 is 0.667 bits per heavy atom. The third-order valence-corrected chi connectivity index (χ3v) is 15.1. The fraction of sp³-hybridized carbons (Fsp3) is 0.560. The minimum Gasteiger partial charge on any atom is -0.461 e. The van der Waals surface area contributed by atoms with E-state index < -0.39 is 40.7 Å². The SMILES string of the molecule is CC[C@H](C)[C@H](NC(=O)[C@@H]1CC2CCCC[C@@H]2N1)C(=O)N[C@@H](CSC(c1ccccc1)(c1ccccc1)c1ccccc1)C(=O)N[C@H](C(=O)OC1CCCCCC1)[C@@H](C)CC. The Labute approximate surface area is 362 Å². The van der Waals surface area contributed by atoms with Crippen molar-refractivity contribution in [3.05, 3.63) is 108 Å². The van der Waals surface area contributed by atoms with Gasteiger partial charge in [-0.15, -0.1) is 11.8 Å². The topological polar surface area (TPSA) is 126 Å². The number of amides is 3. The third-order valence-electron chi connectivity index (χ3n) is 13.5. The van der Waals surface area contributed by atoms with E-state index in [-0.39, 0.29) is 35.6 Å². The fourth-order valence-corrected chi connectivity index (χ4v) is 11.0. The van der Waals surface area contributed by atoms with Gasteiger partial charge in [-0.3, -0.25) is 14.4 Å². The fourth-order valence-electron chi connectivity index (χ4n) is 9.42. The van der Waals surface area contributed by atoms with E-state index in [0.29, 0.717) is 24.8 Å². The van der Waals surface area contributed by atoms with Crippen LogP contribution in [0.1, 0.15) is 128 Å². The van der Waals surface area contributed by atoms with E-state index in [4.69, 9.17) is 4.74 Å². The molecule has 1 unspecified atom stereocenters. The van der Waals surface area contributed by atoms with E-state index in [2.05, 4.69) is 57.7 Å². The highest BCUT2D eigenvalue weighted by molar-refractivity contribution is 8.00. The van der Waals surface area contributed by atoms with Crippen LogP contribution in [0.5, 0.6) is 0 Å². The summed E-state index contributed by atoms with van der Waals surface area (Å²) in [6, 6.07) is 27.9. The van der Waals surface area contributed by atoms with Crippen molar-refractivity contribution in [3.8, 4) is 0 Å². The number of hydrogen-bond acceptors (Lipinski definition) is 7. The van der Waals surface area contributed by atoms with E-state index >= 15 is 0 Å². The normalized spacial score (nSPS) is 22.2. The Kier molecular flexibility index (Phi) is 16.7. The molecule has 4 N–H and O–H groups in total. The van der Waals surface area contributed by atoms with Gasteiger partial charge >= 0.3 is 5.97 Å². The maximum atomic E-state index is 14.9. The highest BCUT2D eigenvalue weighted by atomic mass is 32.2. The van der Waals surface area contributed by atoms with Gasteiger partial charge in [0.25, 0.3) is 0 Å². The van der Waals surface area contributed by atoms with Gasteiger partial charge in [-0.25, -0.2) is 4.79 Å². The number of carbonyl (C=O) groups is 4. The lowest BCUT2D eigenvalue weighted by atomic mass is 9.84. The second kappa shape index (κ2) is 22.1. The largest absolute Gasteiger partial charge is 0.461 e. The predicted molar refractivity (Wildman–Crippen MR) is 241 cm³/mol. The summed E-state index contributed by atoms with van der Waals surface area (Å²) in [5.74, 6) is -1.25. The molecule has 1 saturated heterocycles. The highest BCUT2D eigenvalue weighted by Crippen LogP contribution is 2.48. The molecule has 0 bridgehead atoms. The minimum absolute atomic E-state index is 0.163. The molecule has 2 aliphatic carbocycles. The van der Waals surface area contributed by atoms with E-state index in [1.54, 1.807) is 11.8 Å². The van der Waals surface area contributed by atoms with Gasteiger partial charge in [-0.2, -0.15) is 0 Å². The molecule has 0 radical (unpaired) electrons. The lowest BCUT2D eigenvalue weighted by molar-refractivity contribution is -0.155. The van der Waals surface area contributed by atoms with Crippen LogP contribution in [0.15, 0.2) is 91.0 Å². The van der Waals surface area contributed by atoms with Crippen LogP contribution in [0.4, 0.5) is 0 Å². The summed E-state index contributed by atoms with van der Waals surface area (Å²) >= 11 is 1.57. The van der Waals surface area contributed by atoms with E-state index in [9.17, 15) is 19.2 Å². The number of esters is 1. The Morgan fingerprint density at radius 2 is 1.18 bits per heavy atom. The summed E-state index contributed by atoms with van der Waals surface area (Å²) in [7, 11) is 0. The van der Waals surface area contributed by atoms with Crippen molar-refractivity contribution in [1.82, 2.24) is 21.3 Å². The minimum atomic E-state index is -1.06. The number of thioether (sulfide) groups is 1. The molecule has 0 spiro atoms. The van der Waals surface area contributed by atoms with Crippen molar-refractivity contribution in [3.63, 3.8) is 0 Å². The molecule has 2 saturated carbocycles. The molecule has 3 fully saturated rings. The second-order valence-corrected chi connectivity index (χ2v) is 18.8. The van der Waals surface area contributed by atoms with Gasteiger partial charge in [0.05, 0.1) is 10.8 Å². The molecule has 60 heavy (non-hydrogen) atoms. The Hall–Kier alpha value is -4.15. The zero-order chi connectivity index (χ0) is 42.5. The molecule has 6 rings (SSSR count). The first kappa shape index (κ1) is 45.4. The smallest absolute Gasteiger partial charge is 0.329 e. The highest BCUT2D eigenvalue weighted by Gasteiger charge is 2.42. The summed E-state index contributed by atoms with van der Waals surface area (Å²) in [6.45, 7) is 7.92. The van der Waals surface area contributed by atoms with Gasteiger partial charge in [-0.05, 0) is 79.4 Å². The number of hydrogen-bond donors (Lipinski definition) is 4. The second-order valence-electron chi connectivity index (χ2n) is 17.6. The molecule has 10 heteroatoms. The Balaban J connectivity index is 1.32. The van der Waals surface area contributed by atoms with Crippen molar-refractivity contribution in [1.29, 1.82) is 0 Å². The van der Waals surface area contributed by atoms with Crippen LogP contribution in [0, 0.1) is 17.8 Å². The molecule has 3 aromatic carbocycles. The van der Waals surface area contributed by atoms with Crippen molar-refractivity contribution in [2.75, 3.05) is 5.75 Å². The standard InChI is InChI=1S/C50H68N4O5S/c1-5-34(3)44(53-46(55)42-32-36-22-20-21-31-41(36)51-42)48(57)52-43(47(56)54-45(35(4)6-2)49(58)59-40-29-18-7-8-19-30-40)33-60-50(37-23-12-9-13-24-37,38-25-14-10-15-26-38)39-27-16-11-17-28-39/h9-17,23-28,34-36,40-45,51H,5-8,18-22,29-33H2,1-4H3,(H,52,57)(H,53,55)(H,54,56)/t34-,35-,36?,41-,42-,43-,44-,45-/m0/s1. The van der Waals surface area contributed by atoms with Crippen LogP contribution in [0.3, 0.4) is 0 Å². The summed E-state index contributed by atoms with van der Waals surface area (Å²) in [4.78, 5) is 57.4. The molecule has 3 amide bonds. The van der Waals surface area contributed by atoms with E-state index in [1.807, 2.05) is 82.3 Å². The predicted octanol–water partition coefficient (Wildman–Crippen LogP) is 8.45. The van der Waals surface area contributed by atoms with Gasteiger partial charge in [0, 0.05) is 11.8 Å². The van der Waals surface area contributed by atoms with Crippen LogP contribution < -0.4 is 21.3 Å². The molecule has 8 atom stereocenters. The average Bonchev–Trinajstić information content (AvgIpc) is 3.57. The lowest BCUT2D eigenvalue weighted by Crippen LogP contribution is -2.60. The van der Waals surface area contributed by atoms with Crippen LogP contribution >= 0.6 is 11.8 Å². The van der Waals surface area contributed by atoms with Crippen molar-refractivity contribution in [2.24, 2.45) is 17.8 Å². The van der Waals surface area contributed by atoms with Gasteiger partial charge in [0.15, 0.2) is 0 Å². The van der Waals surface area contributed by atoms with E-state index in [1.165, 1.54) is 6.42 Å². The summed E-state index contributed by atoms with van der Waals surface area (Å²) < 4.78 is 5.35. The number of fused-ring (bicyclic) bond motifs is 1. The first-order valence-electron chi connectivity index (χ1n) is 22.8. The molecule has 3 aliphatic rings. The zero-order valence-corrected chi connectivity index (χ0v) is 37.0. The number of ether oxygens (including phenoxy) is 1. The third kappa shape index (κ3) is 11.2. The van der Waals surface area contributed by atoms with Crippen LogP contribution in [-0.2, 0) is 28.7 Å². The summed E-state index contributed by atoms with van der Waals surface area (Å²) in [5, 5.41) is 12.9. The monoisotopic (exact) mass is 836 g/mol. The average molecular weight is 837 g/mol. The van der Waals surface area contributed by atoms with Crippen molar-refractivity contribution < 1.29 is 23.9 Å². The summed E-state index contributed by atoms with van der Waals surface area (Å²) in [6.07, 6.45) is 12.4. The number of carbonyl (C=O) groups excluding carboxylic acids is 4. The Morgan fingerprint density at radius 3 is 1.72 bits per heavy atom.